The molecule has 0 bridgehead atoms. The minimum Gasteiger partial charge on any atom is -0.314 e. The zero-order chi connectivity index (χ0) is 13.8. The van der Waals surface area contributed by atoms with E-state index in [-0.39, 0.29) is 12.4 Å². The zero-order valence-corrected chi connectivity index (χ0v) is 13.3. The lowest BCUT2D eigenvalue weighted by molar-refractivity contribution is 0.153. The zero-order valence-electron chi connectivity index (χ0n) is 11.7. The number of pyridine rings is 1. The van der Waals surface area contributed by atoms with Gasteiger partial charge in [0, 0.05) is 49.6 Å². The third kappa shape index (κ3) is 4.17. The fraction of sp³-hybridized carbons (Fsp3) is 0.312. The van der Waals surface area contributed by atoms with Crippen molar-refractivity contribution >= 4 is 24.0 Å². The molecule has 2 aromatic rings. The summed E-state index contributed by atoms with van der Waals surface area (Å²) in [5.74, 6) is 0. The highest BCUT2D eigenvalue weighted by Crippen LogP contribution is 2.26. The van der Waals surface area contributed by atoms with Crippen molar-refractivity contribution in [1.29, 1.82) is 0 Å². The van der Waals surface area contributed by atoms with Crippen LogP contribution in [0.5, 0.6) is 0 Å². The SMILES string of the molecule is Cl.Clc1cccc(C2CNCCN2Cc2ccncc2)c1. The number of hydrogen-bond acceptors (Lipinski definition) is 3. The van der Waals surface area contributed by atoms with Gasteiger partial charge in [0.2, 0.25) is 0 Å². The summed E-state index contributed by atoms with van der Waals surface area (Å²) >= 11 is 6.12. The molecular weight excluding hydrogens is 305 g/mol. The molecule has 3 rings (SSSR count). The number of piperazine rings is 1. The van der Waals surface area contributed by atoms with Gasteiger partial charge >= 0.3 is 0 Å². The van der Waals surface area contributed by atoms with Crippen LogP contribution >= 0.6 is 24.0 Å². The van der Waals surface area contributed by atoms with E-state index in [1.165, 1.54) is 11.1 Å². The summed E-state index contributed by atoms with van der Waals surface area (Å²) in [5, 5.41) is 4.27. The topological polar surface area (TPSA) is 28.2 Å². The van der Waals surface area contributed by atoms with Gasteiger partial charge in [0.1, 0.15) is 0 Å². The van der Waals surface area contributed by atoms with Crippen LogP contribution in [0.3, 0.4) is 0 Å². The van der Waals surface area contributed by atoms with Crippen LogP contribution in [0.4, 0.5) is 0 Å². The van der Waals surface area contributed by atoms with Crippen molar-refractivity contribution in [3.05, 3.63) is 64.9 Å². The molecule has 1 unspecified atom stereocenters. The van der Waals surface area contributed by atoms with Crippen LogP contribution in [-0.4, -0.2) is 29.5 Å². The Balaban J connectivity index is 0.00000161. The second-order valence-corrected chi connectivity index (χ2v) is 5.54. The summed E-state index contributed by atoms with van der Waals surface area (Å²) in [6.07, 6.45) is 3.71. The Morgan fingerprint density at radius 1 is 1.24 bits per heavy atom. The van der Waals surface area contributed by atoms with Gasteiger partial charge in [-0.05, 0) is 35.4 Å². The summed E-state index contributed by atoms with van der Waals surface area (Å²) < 4.78 is 0. The van der Waals surface area contributed by atoms with Crippen molar-refractivity contribution in [2.45, 2.75) is 12.6 Å². The normalized spacial score (nSPS) is 19.0. The number of aromatic nitrogens is 1. The molecule has 112 valence electrons. The Kier molecular flexibility index (Phi) is 6.00. The number of benzene rings is 1. The standard InChI is InChI=1S/C16H18ClN3.ClH/c17-15-3-1-2-14(10-15)16-11-19-8-9-20(16)12-13-4-6-18-7-5-13;/h1-7,10,16,19H,8-9,11-12H2;1H. The minimum absolute atomic E-state index is 0. The van der Waals surface area contributed by atoms with Crippen LogP contribution in [0, 0.1) is 0 Å². The molecule has 0 radical (unpaired) electrons. The lowest BCUT2D eigenvalue weighted by atomic mass is 10.0. The van der Waals surface area contributed by atoms with E-state index in [1.54, 1.807) is 0 Å². The molecular formula is C16H19Cl2N3. The lowest BCUT2D eigenvalue weighted by Gasteiger charge is -2.36. The molecule has 1 aliphatic heterocycles. The highest BCUT2D eigenvalue weighted by molar-refractivity contribution is 6.30. The smallest absolute Gasteiger partial charge is 0.0477 e. The first kappa shape index (κ1) is 16.2. The molecule has 1 aromatic carbocycles. The predicted octanol–water partition coefficient (Wildman–Crippen LogP) is 3.30. The van der Waals surface area contributed by atoms with E-state index in [0.717, 1.165) is 31.2 Å². The van der Waals surface area contributed by atoms with Gasteiger partial charge in [0.25, 0.3) is 0 Å². The Morgan fingerprint density at radius 2 is 2.05 bits per heavy atom. The third-order valence-corrected chi connectivity index (χ3v) is 3.96. The predicted molar refractivity (Wildman–Crippen MR) is 89.0 cm³/mol. The van der Waals surface area contributed by atoms with E-state index in [9.17, 15) is 0 Å². The fourth-order valence-electron chi connectivity index (χ4n) is 2.70. The first-order chi connectivity index (χ1) is 9.83. The van der Waals surface area contributed by atoms with E-state index >= 15 is 0 Å². The van der Waals surface area contributed by atoms with Gasteiger partial charge in [0.05, 0.1) is 0 Å². The molecule has 1 aliphatic rings. The van der Waals surface area contributed by atoms with Crippen LogP contribution < -0.4 is 5.32 Å². The molecule has 3 nitrogen and oxygen atoms in total. The maximum atomic E-state index is 6.12. The summed E-state index contributed by atoms with van der Waals surface area (Å²) in [6, 6.07) is 12.7. The highest BCUT2D eigenvalue weighted by atomic mass is 35.5. The third-order valence-electron chi connectivity index (χ3n) is 3.72. The first-order valence-corrected chi connectivity index (χ1v) is 7.30. The lowest BCUT2D eigenvalue weighted by Crippen LogP contribution is -2.45. The van der Waals surface area contributed by atoms with Crippen LogP contribution in [-0.2, 0) is 6.54 Å². The number of nitrogens with zero attached hydrogens (tertiary/aromatic N) is 2. The molecule has 1 N–H and O–H groups in total. The fourth-order valence-corrected chi connectivity index (χ4v) is 2.90. The summed E-state index contributed by atoms with van der Waals surface area (Å²) in [5.41, 5.74) is 2.58. The summed E-state index contributed by atoms with van der Waals surface area (Å²) in [7, 11) is 0. The Bertz CT molecular complexity index is 562. The molecule has 0 saturated carbocycles. The average Bonchev–Trinajstić information content (AvgIpc) is 2.49. The van der Waals surface area contributed by atoms with Crippen LogP contribution in [0.1, 0.15) is 17.2 Å². The van der Waals surface area contributed by atoms with E-state index in [2.05, 4.69) is 39.5 Å². The maximum absolute atomic E-state index is 6.12. The second kappa shape index (κ2) is 7.76. The molecule has 1 saturated heterocycles. The molecule has 1 fully saturated rings. The van der Waals surface area contributed by atoms with Gasteiger partial charge in [-0.15, -0.1) is 12.4 Å². The van der Waals surface area contributed by atoms with Gasteiger partial charge in [0.15, 0.2) is 0 Å². The van der Waals surface area contributed by atoms with Crippen molar-refractivity contribution in [3.8, 4) is 0 Å². The molecule has 0 spiro atoms. The van der Waals surface area contributed by atoms with Crippen molar-refractivity contribution in [2.24, 2.45) is 0 Å². The van der Waals surface area contributed by atoms with Crippen LogP contribution in [0.15, 0.2) is 48.8 Å². The number of nitrogens with one attached hydrogen (secondary N) is 1. The van der Waals surface area contributed by atoms with Gasteiger partial charge in [-0.25, -0.2) is 0 Å². The quantitative estimate of drug-likeness (QED) is 0.939. The van der Waals surface area contributed by atoms with Gasteiger partial charge in [-0.2, -0.15) is 0 Å². The van der Waals surface area contributed by atoms with Crippen molar-refractivity contribution in [1.82, 2.24) is 15.2 Å². The highest BCUT2D eigenvalue weighted by Gasteiger charge is 2.23. The van der Waals surface area contributed by atoms with E-state index < -0.39 is 0 Å². The summed E-state index contributed by atoms with van der Waals surface area (Å²) in [4.78, 5) is 6.58. The van der Waals surface area contributed by atoms with Crippen LogP contribution in [0.2, 0.25) is 5.02 Å². The Hall–Kier alpha value is -1.13. The molecule has 2 heterocycles. The number of rotatable bonds is 3. The molecule has 1 aromatic heterocycles. The van der Waals surface area contributed by atoms with E-state index in [4.69, 9.17) is 11.6 Å². The molecule has 1 atom stereocenters. The molecule has 21 heavy (non-hydrogen) atoms. The van der Waals surface area contributed by atoms with E-state index in [1.807, 2.05) is 24.5 Å². The number of hydrogen-bond donors (Lipinski definition) is 1. The van der Waals surface area contributed by atoms with Gasteiger partial charge in [-0.1, -0.05) is 23.7 Å². The van der Waals surface area contributed by atoms with Gasteiger partial charge in [-0.3, -0.25) is 9.88 Å². The van der Waals surface area contributed by atoms with E-state index in [0.29, 0.717) is 6.04 Å². The molecule has 5 heteroatoms. The Morgan fingerprint density at radius 3 is 2.81 bits per heavy atom. The molecule has 0 amide bonds. The largest absolute Gasteiger partial charge is 0.314 e. The minimum atomic E-state index is 0. The van der Waals surface area contributed by atoms with Crippen LogP contribution in [0.25, 0.3) is 0 Å². The second-order valence-electron chi connectivity index (χ2n) is 5.10. The number of halogens is 2. The van der Waals surface area contributed by atoms with Gasteiger partial charge < -0.3 is 5.32 Å². The van der Waals surface area contributed by atoms with Crippen molar-refractivity contribution in [2.75, 3.05) is 19.6 Å². The molecule has 0 aliphatic carbocycles. The monoisotopic (exact) mass is 323 g/mol. The Labute approximate surface area is 136 Å². The maximum Gasteiger partial charge on any atom is 0.0477 e. The first-order valence-electron chi connectivity index (χ1n) is 6.92. The summed E-state index contributed by atoms with van der Waals surface area (Å²) in [6.45, 7) is 3.98. The van der Waals surface area contributed by atoms with Crippen molar-refractivity contribution in [3.63, 3.8) is 0 Å². The average molecular weight is 324 g/mol. The van der Waals surface area contributed by atoms with Crippen molar-refractivity contribution < 1.29 is 0 Å².